The number of anilines is 1. The Kier molecular flexibility index (Phi) is 6.86. The van der Waals surface area contributed by atoms with Crippen LogP contribution < -0.4 is 10.1 Å². The molecule has 5 heteroatoms. The minimum absolute atomic E-state index is 0.151. The van der Waals surface area contributed by atoms with Gasteiger partial charge in [-0.15, -0.1) is 0 Å². The Hall–Kier alpha value is -3.70. The van der Waals surface area contributed by atoms with Crippen molar-refractivity contribution in [1.82, 2.24) is 0 Å². The number of halogens is 2. The number of benzene rings is 4. The molecule has 0 saturated heterocycles. The molecule has 38 heavy (non-hydrogen) atoms. The topological polar surface area (TPSA) is 33.6 Å². The number of nitrogens with zero attached hydrogens (tertiary/aromatic N) is 1. The molecule has 0 radical (unpaired) electrons. The van der Waals surface area contributed by atoms with Crippen molar-refractivity contribution in [2.24, 2.45) is 10.9 Å². The van der Waals surface area contributed by atoms with Gasteiger partial charge < -0.3 is 10.1 Å². The summed E-state index contributed by atoms with van der Waals surface area (Å²) in [4.78, 5) is 4.72. The van der Waals surface area contributed by atoms with Crippen LogP contribution in [0.2, 0.25) is 0 Å². The lowest BCUT2D eigenvalue weighted by atomic mass is 9.76. The first kappa shape index (κ1) is 24.6. The van der Waals surface area contributed by atoms with Gasteiger partial charge >= 0.3 is 0 Å². The van der Waals surface area contributed by atoms with Crippen molar-refractivity contribution in [2.75, 3.05) is 5.32 Å². The number of hydrogen-bond donors (Lipinski definition) is 1. The minimum Gasteiger partial charge on any atom is -0.488 e. The minimum atomic E-state index is -0.273. The van der Waals surface area contributed by atoms with Gasteiger partial charge in [-0.05, 0) is 72.9 Å². The standard InChI is InChI=1S/C33H28BrFN2O/c1-21-9-15-31-29(17-21)27-6-4-7-28(27)33(37-31)22-10-13-26(14-11-22)36-19-24-18-25(34)12-16-32(24)38-20-23-5-2-3-8-30(23)35/h2-6,8-19,27-28,33,37H,7,20H2,1H3/t27-,28+,33+/m1/s1. The second-order valence-electron chi connectivity index (χ2n) is 9.98. The summed E-state index contributed by atoms with van der Waals surface area (Å²) < 4.78 is 20.9. The molecule has 0 aromatic heterocycles. The van der Waals surface area contributed by atoms with E-state index in [9.17, 15) is 4.39 Å². The number of allylic oxidation sites excluding steroid dienone is 2. The fourth-order valence-corrected chi connectivity index (χ4v) is 5.86. The monoisotopic (exact) mass is 566 g/mol. The van der Waals surface area contributed by atoms with Crippen molar-refractivity contribution in [1.29, 1.82) is 0 Å². The van der Waals surface area contributed by atoms with Gasteiger partial charge in [0, 0.05) is 33.4 Å². The second kappa shape index (κ2) is 10.6. The van der Waals surface area contributed by atoms with Crippen LogP contribution in [0.5, 0.6) is 5.75 Å². The Labute approximate surface area is 231 Å². The number of rotatable bonds is 6. The third kappa shape index (κ3) is 5.03. The van der Waals surface area contributed by atoms with E-state index in [1.807, 2.05) is 18.2 Å². The van der Waals surface area contributed by atoms with Crippen molar-refractivity contribution in [3.63, 3.8) is 0 Å². The van der Waals surface area contributed by atoms with E-state index >= 15 is 0 Å². The molecule has 190 valence electrons. The van der Waals surface area contributed by atoms with Crippen LogP contribution in [0.4, 0.5) is 15.8 Å². The molecule has 4 aromatic rings. The van der Waals surface area contributed by atoms with Crippen LogP contribution in [0.25, 0.3) is 0 Å². The van der Waals surface area contributed by atoms with Gasteiger partial charge in [-0.2, -0.15) is 0 Å². The summed E-state index contributed by atoms with van der Waals surface area (Å²) in [6.45, 7) is 2.31. The Morgan fingerprint density at radius 3 is 2.71 bits per heavy atom. The van der Waals surface area contributed by atoms with Crippen molar-refractivity contribution in [3.05, 3.63) is 135 Å². The summed E-state index contributed by atoms with van der Waals surface area (Å²) >= 11 is 3.53. The Morgan fingerprint density at radius 2 is 1.87 bits per heavy atom. The summed E-state index contributed by atoms with van der Waals surface area (Å²) in [6.07, 6.45) is 7.57. The predicted octanol–water partition coefficient (Wildman–Crippen LogP) is 9.05. The van der Waals surface area contributed by atoms with Gasteiger partial charge in [-0.25, -0.2) is 4.39 Å². The maximum Gasteiger partial charge on any atom is 0.129 e. The lowest BCUT2D eigenvalue weighted by Crippen LogP contribution is -2.29. The molecule has 0 bridgehead atoms. The van der Waals surface area contributed by atoms with Crippen LogP contribution >= 0.6 is 15.9 Å². The number of fused-ring (bicyclic) bond motifs is 3. The lowest BCUT2D eigenvalue weighted by Gasteiger charge is -2.37. The van der Waals surface area contributed by atoms with Gasteiger partial charge in [0.1, 0.15) is 18.2 Å². The molecule has 0 amide bonds. The van der Waals surface area contributed by atoms with Crippen LogP contribution in [0.15, 0.2) is 107 Å². The van der Waals surface area contributed by atoms with Gasteiger partial charge in [0.25, 0.3) is 0 Å². The molecule has 6 rings (SSSR count). The van der Waals surface area contributed by atoms with Crippen molar-refractivity contribution in [3.8, 4) is 5.75 Å². The van der Waals surface area contributed by atoms with E-state index in [1.54, 1.807) is 24.4 Å². The highest BCUT2D eigenvalue weighted by atomic mass is 79.9. The summed E-state index contributed by atoms with van der Waals surface area (Å²) in [5.41, 5.74) is 7.41. The van der Waals surface area contributed by atoms with Gasteiger partial charge in [-0.3, -0.25) is 4.99 Å². The summed E-state index contributed by atoms with van der Waals surface area (Å²) in [5.74, 6) is 1.34. The molecule has 0 saturated carbocycles. The van der Waals surface area contributed by atoms with Crippen LogP contribution in [0.1, 0.15) is 46.2 Å². The average Bonchev–Trinajstić information content (AvgIpc) is 3.43. The second-order valence-corrected chi connectivity index (χ2v) is 10.9. The van der Waals surface area contributed by atoms with Crippen LogP contribution in [0, 0.1) is 18.7 Å². The van der Waals surface area contributed by atoms with E-state index in [4.69, 9.17) is 9.73 Å². The zero-order valence-corrected chi connectivity index (χ0v) is 22.7. The van der Waals surface area contributed by atoms with E-state index in [1.165, 1.54) is 28.4 Å². The molecule has 3 atom stereocenters. The molecule has 4 aromatic carbocycles. The highest BCUT2D eigenvalue weighted by Gasteiger charge is 2.37. The number of nitrogens with one attached hydrogen (secondary N) is 1. The molecule has 1 aliphatic heterocycles. The van der Waals surface area contributed by atoms with E-state index in [2.05, 4.69) is 82.8 Å². The third-order valence-corrected chi connectivity index (χ3v) is 7.93. The summed E-state index contributed by atoms with van der Waals surface area (Å²) in [5, 5.41) is 3.81. The normalized spacial score (nSPS) is 19.7. The van der Waals surface area contributed by atoms with E-state index in [0.29, 0.717) is 23.1 Å². The molecule has 1 heterocycles. The number of hydrogen-bond acceptors (Lipinski definition) is 3. The zero-order chi connectivity index (χ0) is 26.1. The van der Waals surface area contributed by atoms with Crippen LogP contribution in [0.3, 0.4) is 0 Å². The molecule has 2 aliphatic rings. The first-order valence-corrected chi connectivity index (χ1v) is 13.7. The van der Waals surface area contributed by atoms with Crippen molar-refractivity contribution in [2.45, 2.75) is 31.9 Å². The Morgan fingerprint density at radius 1 is 1.03 bits per heavy atom. The molecular formula is C33H28BrFN2O. The SMILES string of the molecule is Cc1ccc2c(c1)[C@@H]1C=CC[C@@H]1[C@H](c1ccc(N=Cc3cc(Br)ccc3OCc3ccccc3F)cc1)N2. The van der Waals surface area contributed by atoms with Gasteiger partial charge in [-0.1, -0.05) is 76.1 Å². The Balaban J connectivity index is 1.20. The molecule has 0 spiro atoms. The van der Waals surface area contributed by atoms with Crippen molar-refractivity contribution >= 4 is 33.5 Å². The quantitative estimate of drug-likeness (QED) is 0.186. The lowest BCUT2D eigenvalue weighted by molar-refractivity contribution is 0.299. The smallest absolute Gasteiger partial charge is 0.129 e. The first-order chi connectivity index (χ1) is 18.5. The molecule has 1 aliphatic carbocycles. The number of ether oxygens (including phenoxy) is 1. The maximum absolute atomic E-state index is 14.0. The maximum atomic E-state index is 14.0. The zero-order valence-electron chi connectivity index (χ0n) is 21.1. The third-order valence-electron chi connectivity index (χ3n) is 7.44. The number of aliphatic imine (C=N–C) groups is 1. The van der Waals surface area contributed by atoms with E-state index in [0.717, 1.165) is 22.1 Å². The highest BCUT2D eigenvalue weighted by Crippen LogP contribution is 2.50. The molecule has 3 nitrogen and oxygen atoms in total. The Bertz CT molecular complexity index is 1530. The molecule has 0 fully saturated rings. The fraction of sp³-hybridized carbons (Fsp3) is 0.182. The van der Waals surface area contributed by atoms with Gasteiger partial charge in [0.15, 0.2) is 0 Å². The predicted molar refractivity (Wildman–Crippen MR) is 156 cm³/mol. The average molecular weight is 568 g/mol. The van der Waals surface area contributed by atoms with Crippen LogP contribution in [-0.2, 0) is 6.61 Å². The summed E-state index contributed by atoms with van der Waals surface area (Å²) in [6, 6.07) is 27.8. The van der Waals surface area contributed by atoms with Gasteiger partial charge in [0.2, 0.25) is 0 Å². The highest BCUT2D eigenvalue weighted by molar-refractivity contribution is 9.10. The number of aryl methyl sites for hydroxylation is 1. The largest absolute Gasteiger partial charge is 0.488 e. The molecular weight excluding hydrogens is 539 g/mol. The van der Waals surface area contributed by atoms with E-state index in [-0.39, 0.29) is 18.5 Å². The molecule has 0 unspecified atom stereocenters. The van der Waals surface area contributed by atoms with Gasteiger partial charge in [0.05, 0.1) is 11.7 Å². The first-order valence-electron chi connectivity index (χ1n) is 12.9. The van der Waals surface area contributed by atoms with Crippen molar-refractivity contribution < 1.29 is 9.13 Å². The fourth-order valence-electron chi connectivity index (χ4n) is 5.48. The van der Waals surface area contributed by atoms with Crippen LogP contribution in [-0.4, -0.2) is 6.21 Å². The summed E-state index contributed by atoms with van der Waals surface area (Å²) in [7, 11) is 0. The van der Waals surface area contributed by atoms with E-state index < -0.39 is 0 Å². The molecule has 1 N–H and O–H groups in total.